The molecule has 0 amide bonds. The summed E-state index contributed by atoms with van der Waals surface area (Å²) in [5.74, 6) is 1.32. The van der Waals surface area contributed by atoms with Crippen LogP contribution in [0.1, 0.15) is 19.4 Å². The van der Waals surface area contributed by atoms with Gasteiger partial charge in [0.05, 0.1) is 30.1 Å². The molecule has 3 heterocycles. The fourth-order valence-electron chi connectivity index (χ4n) is 4.94. The van der Waals surface area contributed by atoms with Crippen molar-refractivity contribution in [3.8, 4) is 11.5 Å². The van der Waals surface area contributed by atoms with Crippen molar-refractivity contribution in [2.24, 2.45) is 7.05 Å². The SMILES string of the molecule is COc1cc2c(c3c1c(=O)c1cc4ccccc4cc1n3C)C[C@](C)([C@]1(C)CO1)O2. The highest BCUT2D eigenvalue weighted by molar-refractivity contribution is 6.04. The molecule has 1 aromatic heterocycles. The zero-order chi connectivity index (χ0) is 20.8. The van der Waals surface area contributed by atoms with Gasteiger partial charge in [-0.15, -0.1) is 0 Å². The Kier molecular flexibility index (Phi) is 3.29. The zero-order valence-corrected chi connectivity index (χ0v) is 17.5. The van der Waals surface area contributed by atoms with Gasteiger partial charge in [-0.3, -0.25) is 4.79 Å². The molecule has 0 aliphatic carbocycles. The molecule has 2 aliphatic heterocycles. The van der Waals surface area contributed by atoms with Gasteiger partial charge in [0, 0.05) is 30.5 Å². The molecular weight excluding hydrogens is 378 g/mol. The Morgan fingerprint density at radius 3 is 2.43 bits per heavy atom. The maximum atomic E-state index is 13.7. The van der Waals surface area contributed by atoms with E-state index in [1.807, 2.05) is 37.4 Å². The minimum atomic E-state index is -0.469. The third-order valence-electron chi connectivity index (χ3n) is 7.13. The van der Waals surface area contributed by atoms with Crippen LogP contribution in [0.3, 0.4) is 0 Å². The molecule has 2 aliphatic rings. The van der Waals surface area contributed by atoms with Crippen LogP contribution in [0.5, 0.6) is 11.5 Å². The number of ether oxygens (including phenoxy) is 3. The van der Waals surface area contributed by atoms with Crippen molar-refractivity contribution in [2.45, 2.75) is 31.5 Å². The van der Waals surface area contributed by atoms with E-state index in [0.717, 1.165) is 33.1 Å². The highest BCUT2D eigenvalue weighted by Crippen LogP contribution is 2.51. The molecule has 6 rings (SSSR count). The van der Waals surface area contributed by atoms with Crippen molar-refractivity contribution in [2.75, 3.05) is 13.7 Å². The number of nitrogens with zero attached hydrogens (tertiary/aromatic N) is 1. The fourth-order valence-corrected chi connectivity index (χ4v) is 4.94. The molecule has 3 aromatic carbocycles. The Morgan fingerprint density at radius 2 is 1.77 bits per heavy atom. The van der Waals surface area contributed by atoms with E-state index in [-0.39, 0.29) is 11.0 Å². The maximum Gasteiger partial charge on any atom is 0.201 e. The topological polar surface area (TPSA) is 53.0 Å². The third kappa shape index (κ3) is 2.13. The lowest BCUT2D eigenvalue weighted by Crippen LogP contribution is -2.45. The number of hydrogen-bond donors (Lipinski definition) is 0. The Balaban J connectivity index is 1.75. The lowest BCUT2D eigenvalue weighted by atomic mass is 9.86. The van der Waals surface area contributed by atoms with Crippen LogP contribution in [0.4, 0.5) is 0 Å². The van der Waals surface area contributed by atoms with E-state index in [1.54, 1.807) is 7.11 Å². The lowest BCUT2D eigenvalue weighted by molar-refractivity contribution is 0.0300. The predicted octanol–water partition coefficient (Wildman–Crippen LogP) is 4.34. The van der Waals surface area contributed by atoms with Crippen LogP contribution in [0.15, 0.2) is 47.3 Å². The van der Waals surface area contributed by atoms with E-state index in [2.05, 4.69) is 30.5 Å². The Morgan fingerprint density at radius 1 is 1.07 bits per heavy atom. The third-order valence-corrected chi connectivity index (χ3v) is 7.13. The summed E-state index contributed by atoms with van der Waals surface area (Å²) in [6.45, 7) is 4.85. The van der Waals surface area contributed by atoms with Gasteiger partial charge in [-0.05, 0) is 36.8 Å². The quantitative estimate of drug-likeness (QED) is 0.370. The second-order valence-corrected chi connectivity index (χ2v) is 8.91. The lowest BCUT2D eigenvalue weighted by Gasteiger charge is -2.28. The van der Waals surface area contributed by atoms with Crippen molar-refractivity contribution >= 4 is 32.6 Å². The minimum Gasteiger partial charge on any atom is -0.496 e. The summed E-state index contributed by atoms with van der Waals surface area (Å²) in [7, 11) is 3.62. The summed E-state index contributed by atoms with van der Waals surface area (Å²) in [4.78, 5) is 13.7. The molecule has 0 spiro atoms. The van der Waals surface area contributed by atoms with Gasteiger partial charge in [0.15, 0.2) is 0 Å². The average Bonchev–Trinajstić information content (AvgIpc) is 3.41. The molecule has 5 nitrogen and oxygen atoms in total. The zero-order valence-electron chi connectivity index (χ0n) is 17.5. The molecule has 30 heavy (non-hydrogen) atoms. The van der Waals surface area contributed by atoms with Crippen LogP contribution in [-0.2, 0) is 18.2 Å². The average molecular weight is 401 g/mol. The predicted molar refractivity (Wildman–Crippen MR) is 118 cm³/mol. The van der Waals surface area contributed by atoms with Gasteiger partial charge in [-0.2, -0.15) is 0 Å². The van der Waals surface area contributed by atoms with E-state index in [1.165, 1.54) is 0 Å². The first-order valence-electron chi connectivity index (χ1n) is 10.2. The van der Waals surface area contributed by atoms with E-state index < -0.39 is 5.60 Å². The van der Waals surface area contributed by atoms with Crippen LogP contribution in [0.25, 0.3) is 32.6 Å². The Hall–Kier alpha value is -3.05. The molecular formula is C25H23NO4. The summed E-state index contributed by atoms with van der Waals surface area (Å²) in [6, 6.07) is 14.1. The van der Waals surface area contributed by atoms with Crippen LogP contribution in [0, 0.1) is 0 Å². The van der Waals surface area contributed by atoms with Crippen LogP contribution < -0.4 is 14.9 Å². The smallest absolute Gasteiger partial charge is 0.201 e. The molecule has 1 saturated heterocycles. The van der Waals surface area contributed by atoms with Gasteiger partial charge in [0.1, 0.15) is 22.7 Å². The monoisotopic (exact) mass is 401 g/mol. The van der Waals surface area contributed by atoms with Gasteiger partial charge < -0.3 is 18.8 Å². The highest BCUT2D eigenvalue weighted by Gasteiger charge is 2.60. The molecule has 152 valence electrons. The molecule has 0 N–H and O–H groups in total. The maximum absolute atomic E-state index is 13.7. The normalized spacial score (nSPS) is 24.9. The summed E-state index contributed by atoms with van der Waals surface area (Å²) < 4.78 is 19.9. The van der Waals surface area contributed by atoms with Crippen molar-refractivity contribution < 1.29 is 14.2 Å². The number of methoxy groups -OCH3 is 1. The summed E-state index contributed by atoms with van der Waals surface area (Å²) in [5, 5.41) is 3.47. The Bertz CT molecular complexity index is 1450. The molecule has 0 unspecified atom stereocenters. The summed E-state index contributed by atoms with van der Waals surface area (Å²) in [5.41, 5.74) is 2.04. The second-order valence-electron chi connectivity index (χ2n) is 8.91. The molecule has 5 heteroatoms. The molecule has 0 saturated carbocycles. The number of rotatable bonds is 2. The molecule has 1 fully saturated rings. The number of benzene rings is 3. The number of aryl methyl sites for hydroxylation is 1. The van der Waals surface area contributed by atoms with Gasteiger partial charge in [-0.25, -0.2) is 0 Å². The Labute approximate surface area is 173 Å². The summed E-state index contributed by atoms with van der Waals surface area (Å²) in [6.07, 6.45) is 0.686. The van der Waals surface area contributed by atoms with Crippen molar-refractivity contribution in [3.63, 3.8) is 0 Å². The second kappa shape index (κ2) is 5.55. The van der Waals surface area contributed by atoms with E-state index in [0.29, 0.717) is 29.5 Å². The number of epoxide rings is 1. The van der Waals surface area contributed by atoms with Crippen LogP contribution in [0.2, 0.25) is 0 Å². The van der Waals surface area contributed by atoms with Gasteiger partial charge in [-0.1, -0.05) is 24.3 Å². The van der Waals surface area contributed by atoms with E-state index in [9.17, 15) is 4.79 Å². The van der Waals surface area contributed by atoms with Crippen molar-refractivity contribution in [1.82, 2.24) is 4.57 Å². The largest absolute Gasteiger partial charge is 0.496 e. The fraction of sp³-hybridized carbons (Fsp3) is 0.320. The summed E-state index contributed by atoms with van der Waals surface area (Å²) >= 11 is 0. The van der Waals surface area contributed by atoms with Gasteiger partial charge >= 0.3 is 0 Å². The van der Waals surface area contributed by atoms with Crippen LogP contribution in [-0.4, -0.2) is 29.5 Å². The molecule has 0 radical (unpaired) electrons. The van der Waals surface area contributed by atoms with Gasteiger partial charge in [0.25, 0.3) is 0 Å². The molecule has 0 bridgehead atoms. The number of fused-ring (bicyclic) bond motifs is 5. The van der Waals surface area contributed by atoms with Crippen molar-refractivity contribution in [3.05, 3.63) is 58.3 Å². The van der Waals surface area contributed by atoms with Gasteiger partial charge in [0.2, 0.25) is 5.43 Å². The number of pyridine rings is 1. The minimum absolute atomic E-state index is 0.00834. The van der Waals surface area contributed by atoms with E-state index >= 15 is 0 Å². The number of hydrogen-bond acceptors (Lipinski definition) is 4. The standard InChI is InChI=1S/C25H23NO4/c1-24(25(2)13-29-25)12-17-19(30-24)11-20(28-4)21-22(17)26(3)18-10-15-8-6-5-7-14(15)9-16(18)23(21)27/h5-11H,12-13H2,1-4H3/t24-,25+/m1/s1. The molecule has 4 aromatic rings. The molecule has 2 atom stereocenters. The number of aromatic nitrogens is 1. The first-order chi connectivity index (χ1) is 14.4. The van der Waals surface area contributed by atoms with E-state index in [4.69, 9.17) is 14.2 Å². The first kappa shape index (κ1) is 17.8. The van der Waals surface area contributed by atoms with Crippen molar-refractivity contribution in [1.29, 1.82) is 0 Å². The first-order valence-corrected chi connectivity index (χ1v) is 10.2. The van der Waals surface area contributed by atoms with Crippen LogP contribution >= 0.6 is 0 Å². The highest BCUT2D eigenvalue weighted by atomic mass is 16.6.